The average Bonchev–Trinajstić information content (AvgIpc) is 3.61. The molecule has 0 bridgehead atoms. The van der Waals surface area contributed by atoms with Crippen LogP contribution >= 0.6 is 0 Å². The first-order valence-corrected chi connectivity index (χ1v) is 12.8. The van der Waals surface area contributed by atoms with Crippen molar-refractivity contribution in [3.8, 4) is 28.6 Å². The molecule has 0 saturated carbocycles. The molecule has 3 aromatic rings. The predicted molar refractivity (Wildman–Crippen MR) is 138 cm³/mol. The van der Waals surface area contributed by atoms with E-state index in [1.54, 1.807) is 0 Å². The van der Waals surface area contributed by atoms with Crippen molar-refractivity contribution in [1.29, 1.82) is 0 Å². The highest BCUT2D eigenvalue weighted by Crippen LogP contribution is 2.32. The molecule has 1 aromatic carbocycles. The summed E-state index contributed by atoms with van der Waals surface area (Å²) in [6.45, 7) is 8.76. The molecule has 1 amide bonds. The number of benzene rings is 1. The van der Waals surface area contributed by atoms with Gasteiger partial charge in [-0.15, -0.1) is 0 Å². The van der Waals surface area contributed by atoms with Gasteiger partial charge in [0.1, 0.15) is 18.2 Å². The summed E-state index contributed by atoms with van der Waals surface area (Å²) >= 11 is 0. The Labute approximate surface area is 211 Å². The summed E-state index contributed by atoms with van der Waals surface area (Å²) in [6.07, 6.45) is 6.58. The highest BCUT2D eigenvalue weighted by atomic mass is 16.5. The number of hydrogen-bond donors (Lipinski definition) is 2. The number of aryl methyl sites for hydroxylation is 3. The SMILES string of the molecule is CCc1cc(-c2nc(-c3cc(C)c(OCCCNC(=O)CO)c(CC)c3)no2)cnc1N1CCCC1. The van der Waals surface area contributed by atoms with Crippen LogP contribution in [0.3, 0.4) is 0 Å². The minimum atomic E-state index is -0.501. The number of amides is 1. The van der Waals surface area contributed by atoms with Crippen LogP contribution in [0.5, 0.6) is 5.75 Å². The first-order chi connectivity index (χ1) is 17.5. The molecule has 3 heterocycles. The number of aliphatic hydroxyl groups is 1. The molecule has 2 aromatic heterocycles. The van der Waals surface area contributed by atoms with E-state index in [0.29, 0.717) is 31.3 Å². The van der Waals surface area contributed by atoms with Crippen molar-refractivity contribution < 1.29 is 19.2 Å². The molecule has 0 radical (unpaired) electrons. The summed E-state index contributed by atoms with van der Waals surface area (Å²) in [5.74, 6) is 2.51. The fourth-order valence-corrected chi connectivity index (χ4v) is 4.53. The number of carbonyl (C=O) groups excluding carboxylic acids is 1. The van der Waals surface area contributed by atoms with Crippen molar-refractivity contribution in [2.24, 2.45) is 0 Å². The third kappa shape index (κ3) is 5.84. The summed E-state index contributed by atoms with van der Waals surface area (Å²) in [7, 11) is 0. The molecule has 2 N–H and O–H groups in total. The van der Waals surface area contributed by atoms with Crippen LogP contribution in [0, 0.1) is 6.92 Å². The van der Waals surface area contributed by atoms with Crippen molar-refractivity contribution in [2.45, 2.75) is 52.9 Å². The van der Waals surface area contributed by atoms with E-state index in [4.69, 9.17) is 19.4 Å². The zero-order chi connectivity index (χ0) is 25.5. The van der Waals surface area contributed by atoms with Crippen LogP contribution in [0.15, 0.2) is 28.9 Å². The van der Waals surface area contributed by atoms with Crippen LogP contribution < -0.4 is 15.0 Å². The summed E-state index contributed by atoms with van der Waals surface area (Å²) in [6, 6.07) is 6.15. The van der Waals surface area contributed by atoms with E-state index in [1.165, 1.54) is 18.4 Å². The van der Waals surface area contributed by atoms with Crippen LogP contribution in [0.1, 0.15) is 49.8 Å². The number of aromatic nitrogens is 3. The second-order valence-corrected chi connectivity index (χ2v) is 9.02. The molecular formula is C27H35N5O4. The zero-order valence-corrected chi connectivity index (χ0v) is 21.3. The lowest BCUT2D eigenvalue weighted by Gasteiger charge is -2.19. The number of aliphatic hydroxyl groups excluding tert-OH is 1. The van der Waals surface area contributed by atoms with E-state index < -0.39 is 6.61 Å². The van der Waals surface area contributed by atoms with E-state index >= 15 is 0 Å². The Bertz CT molecular complexity index is 1190. The number of nitrogens with one attached hydrogen (secondary N) is 1. The van der Waals surface area contributed by atoms with E-state index in [1.807, 2.05) is 25.3 Å². The lowest BCUT2D eigenvalue weighted by atomic mass is 10.0. The van der Waals surface area contributed by atoms with Gasteiger partial charge in [0, 0.05) is 31.4 Å². The number of anilines is 1. The Balaban J connectivity index is 1.49. The molecule has 36 heavy (non-hydrogen) atoms. The van der Waals surface area contributed by atoms with Gasteiger partial charge in [0.2, 0.25) is 11.7 Å². The molecule has 0 spiro atoms. The maximum absolute atomic E-state index is 11.1. The number of rotatable bonds is 11. The Kier molecular flexibility index (Phi) is 8.53. The van der Waals surface area contributed by atoms with E-state index in [9.17, 15) is 4.79 Å². The Hall–Kier alpha value is -3.46. The average molecular weight is 494 g/mol. The van der Waals surface area contributed by atoms with Crippen molar-refractivity contribution in [1.82, 2.24) is 20.4 Å². The van der Waals surface area contributed by atoms with Gasteiger partial charge in [-0.05, 0) is 73.9 Å². The molecule has 1 saturated heterocycles. The molecule has 4 rings (SSSR count). The van der Waals surface area contributed by atoms with Crippen LogP contribution in [-0.2, 0) is 17.6 Å². The predicted octanol–water partition coefficient (Wildman–Crippen LogP) is 3.71. The van der Waals surface area contributed by atoms with Gasteiger partial charge >= 0.3 is 0 Å². The van der Waals surface area contributed by atoms with Gasteiger partial charge < -0.3 is 24.6 Å². The Morgan fingerprint density at radius 2 is 1.89 bits per heavy atom. The van der Waals surface area contributed by atoms with Gasteiger partial charge in [-0.2, -0.15) is 4.98 Å². The van der Waals surface area contributed by atoms with Crippen LogP contribution in [0.25, 0.3) is 22.8 Å². The monoisotopic (exact) mass is 493 g/mol. The fraction of sp³-hybridized carbons (Fsp3) is 0.481. The quantitative estimate of drug-likeness (QED) is 0.389. The third-order valence-corrected chi connectivity index (χ3v) is 6.43. The summed E-state index contributed by atoms with van der Waals surface area (Å²) in [5.41, 5.74) is 4.94. The molecule has 1 aliphatic heterocycles. The largest absolute Gasteiger partial charge is 0.493 e. The second-order valence-electron chi connectivity index (χ2n) is 9.02. The molecule has 0 aliphatic carbocycles. The normalized spacial score (nSPS) is 13.3. The van der Waals surface area contributed by atoms with Crippen molar-refractivity contribution >= 4 is 11.7 Å². The van der Waals surface area contributed by atoms with Crippen LogP contribution in [0.4, 0.5) is 5.82 Å². The molecule has 0 unspecified atom stereocenters. The molecule has 1 fully saturated rings. The van der Waals surface area contributed by atoms with Gasteiger partial charge in [-0.25, -0.2) is 4.98 Å². The lowest BCUT2D eigenvalue weighted by Crippen LogP contribution is -2.28. The standard InChI is InChI=1S/C27H35N5O4/c1-4-19-14-21(13-18(3)24(19)35-12-8-9-28-23(34)17-33)25-30-27(36-31-25)22-15-20(5-2)26(29-16-22)32-10-6-7-11-32/h13-16,33H,4-12,17H2,1-3H3,(H,28,34). The van der Waals surface area contributed by atoms with E-state index in [2.05, 4.69) is 40.3 Å². The first-order valence-electron chi connectivity index (χ1n) is 12.8. The number of carbonyl (C=O) groups is 1. The highest BCUT2D eigenvalue weighted by Gasteiger charge is 2.19. The van der Waals surface area contributed by atoms with Gasteiger partial charge in [0.15, 0.2) is 0 Å². The summed E-state index contributed by atoms with van der Waals surface area (Å²) in [5, 5.41) is 15.6. The maximum Gasteiger partial charge on any atom is 0.259 e. The lowest BCUT2D eigenvalue weighted by molar-refractivity contribution is -0.123. The molecule has 192 valence electrons. The fourth-order valence-electron chi connectivity index (χ4n) is 4.53. The highest BCUT2D eigenvalue weighted by molar-refractivity contribution is 5.76. The summed E-state index contributed by atoms with van der Waals surface area (Å²) < 4.78 is 11.7. The van der Waals surface area contributed by atoms with E-state index in [-0.39, 0.29) is 5.91 Å². The second kappa shape index (κ2) is 12.0. The Morgan fingerprint density at radius 3 is 2.61 bits per heavy atom. The number of ether oxygens (including phenoxy) is 1. The molecule has 9 nitrogen and oxygen atoms in total. The number of nitrogens with zero attached hydrogens (tertiary/aromatic N) is 4. The molecular weight excluding hydrogens is 458 g/mol. The minimum absolute atomic E-state index is 0.381. The van der Waals surface area contributed by atoms with Gasteiger partial charge in [0.25, 0.3) is 5.89 Å². The number of pyridine rings is 1. The van der Waals surface area contributed by atoms with Crippen molar-refractivity contribution in [3.63, 3.8) is 0 Å². The maximum atomic E-state index is 11.1. The van der Waals surface area contributed by atoms with Crippen LogP contribution in [-0.4, -0.2) is 59.0 Å². The molecule has 0 atom stereocenters. The zero-order valence-electron chi connectivity index (χ0n) is 21.3. The smallest absolute Gasteiger partial charge is 0.259 e. The first kappa shape index (κ1) is 25.6. The van der Waals surface area contributed by atoms with Gasteiger partial charge in [0.05, 0.1) is 12.2 Å². The Morgan fingerprint density at radius 1 is 1.14 bits per heavy atom. The van der Waals surface area contributed by atoms with Crippen molar-refractivity contribution in [3.05, 3.63) is 41.1 Å². The molecule has 1 aliphatic rings. The van der Waals surface area contributed by atoms with Gasteiger partial charge in [-0.1, -0.05) is 19.0 Å². The van der Waals surface area contributed by atoms with Crippen molar-refractivity contribution in [2.75, 3.05) is 37.7 Å². The number of hydrogen-bond acceptors (Lipinski definition) is 8. The summed E-state index contributed by atoms with van der Waals surface area (Å²) in [4.78, 5) is 22.9. The third-order valence-electron chi connectivity index (χ3n) is 6.43. The van der Waals surface area contributed by atoms with Crippen LogP contribution in [0.2, 0.25) is 0 Å². The minimum Gasteiger partial charge on any atom is -0.493 e. The van der Waals surface area contributed by atoms with Gasteiger partial charge in [-0.3, -0.25) is 4.79 Å². The topological polar surface area (TPSA) is 114 Å². The van der Waals surface area contributed by atoms with E-state index in [0.717, 1.165) is 59.8 Å². The molecule has 9 heteroatoms.